The van der Waals surface area contributed by atoms with Crippen molar-refractivity contribution in [1.82, 2.24) is 0 Å². The number of rotatable bonds is 4. The van der Waals surface area contributed by atoms with Gasteiger partial charge >= 0.3 is 10.3 Å². The lowest BCUT2D eigenvalue weighted by atomic mass is 10.3. The Morgan fingerprint density at radius 1 is 1.21 bits per heavy atom. The summed E-state index contributed by atoms with van der Waals surface area (Å²) in [5.74, 6) is 0. The first kappa shape index (κ1) is 18.2. The van der Waals surface area contributed by atoms with Gasteiger partial charge in [0, 0.05) is 0 Å². The van der Waals surface area contributed by atoms with Crippen LogP contribution < -0.4 is 0 Å². The van der Waals surface area contributed by atoms with E-state index >= 15 is 0 Å². The lowest BCUT2D eigenvalue weighted by molar-refractivity contribution is -0.751. The van der Waals surface area contributed by atoms with E-state index in [0.29, 0.717) is 13.1 Å². The number of nitrogens with zero attached hydrogens (tertiary/aromatic N) is 1. The zero-order valence-electron chi connectivity index (χ0n) is 10.3. The van der Waals surface area contributed by atoms with E-state index in [0.717, 1.165) is 12.8 Å². The van der Waals surface area contributed by atoms with Crippen LogP contribution in [0, 0.1) is 0 Å². The van der Waals surface area contributed by atoms with Gasteiger partial charge in [0.15, 0.2) is 0 Å². The summed E-state index contributed by atoms with van der Waals surface area (Å²) in [5, 5.41) is 0. The first-order chi connectivity index (χ1) is 8.52. The van der Waals surface area contributed by atoms with Gasteiger partial charge in [-0.25, -0.2) is 13.0 Å². The highest BCUT2D eigenvalue weighted by Crippen LogP contribution is 2.19. The van der Waals surface area contributed by atoms with Gasteiger partial charge < -0.3 is 4.55 Å². The molecule has 8 nitrogen and oxygen atoms in total. The first-order valence-corrected chi connectivity index (χ1v) is 8.15. The van der Waals surface area contributed by atoms with Crippen LogP contribution in [0.1, 0.15) is 19.8 Å². The fourth-order valence-electron chi connectivity index (χ4n) is 1.46. The van der Waals surface area contributed by atoms with E-state index in [1.54, 1.807) is 18.2 Å². The molecule has 0 saturated carbocycles. The van der Waals surface area contributed by atoms with Crippen LogP contribution in [0.25, 0.3) is 0 Å². The molecule has 1 aliphatic rings. The molecule has 112 valence electrons. The Kier molecular flexibility index (Phi) is 6.83. The van der Waals surface area contributed by atoms with E-state index in [1.165, 1.54) is 6.20 Å². The molecular formula is C9H17NO7S2. The summed E-state index contributed by atoms with van der Waals surface area (Å²) in [7, 11) is -8.98. The molecule has 1 aliphatic heterocycles. The highest BCUT2D eigenvalue weighted by Gasteiger charge is 2.38. The van der Waals surface area contributed by atoms with Crippen molar-refractivity contribution in [2.45, 2.75) is 19.8 Å². The fourth-order valence-corrected chi connectivity index (χ4v) is 2.32. The van der Waals surface area contributed by atoms with Crippen LogP contribution in [0.3, 0.4) is 0 Å². The lowest BCUT2D eigenvalue weighted by Crippen LogP contribution is -2.49. The molecular weight excluding hydrogens is 298 g/mol. The second-order valence-electron chi connectivity index (χ2n) is 3.86. The maximum atomic E-state index is 11.3. The van der Waals surface area contributed by atoms with Crippen LogP contribution in [-0.2, 0) is 20.7 Å². The molecule has 0 aromatic heterocycles. The zero-order chi connectivity index (χ0) is 15.2. The standard InChI is InChI=1S/C9H15NO3S.H2O4S/c1-2-3-7-10(14(11,12)13)8-5-4-6-9-10;1-5(2,3)4/h4-6,8H,2-3,7,9H2,1H3;(H2,1,2,3,4). The van der Waals surface area contributed by atoms with Crippen LogP contribution in [0.15, 0.2) is 24.4 Å². The van der Waals surface area contributed by atoms with Gasteiger partial charge in [0.05, 0.1) is 6.54 Å². The number of hydrogen-bond acceptors (Lipinski definition) is 5. The average molecular weight is 315 g/mol. The monoisotopic (exact) mass is 315 g/mol. The quantitative estimate of drug-likeness (QED) is 0.438. The largest absolute Gasteiger partial charge is 0.726 e. The molecule has 1 unspecified atom stereocenters. The van der Waals surface area contributed by atoms with Crippen molar-refractivity contribution in [2.75, 3.05) is 13.1 Å². The Labute approximate surface area is 113 Å². The van der Waals surface area contributed by atoms with Gasteiger partial charge in [-0.3, -0.25) is 4.55 Å². The maximum Gasteiger partial charge on any atom is 0.437 e. The zero-order valence-corrected chi connectivity index (χ0v) is 12.0. The van der Waals surface area contributed by atoms with Crippen LogP contribution in [-0.4, -0.2) is 47.5 Å². The molecule has 0 spiro atoms. The van der Waals surface area contributed by atoms with Gasteiger partial charge in [-0.1, -0.05) is 19.4 Å². The summed E-state index contributed by atoms with van der Waals surface area (Å²) in [6.07, 6.45) is 8.42. The number of hydrogen-bond donors (Lipinski definition) is 2. The molecule has 1 atom stereocenters. The van der Waals surface area contributed by atoms with Crippen LogP contribution >= 0.6 is 0 Å². The summed E-state index contributed by atoms with van der Waals surface area (Å²) in [4.78, 5) is 0. The van der Waals surface area contributed by atoms with Crippen molar-refractivity contribution in [3.63, 3.8) is 0 Å². The molecule has 0 bridgehead atoms. The molecule has 10 heteroatoms. The Balaban J connectivity index is 0.000000555. The minimum absolute atomic E-state index is 0.315. The third-order valence-electron chi connectivity index (χ3n) is 2.37. The summed E-state index contributed by atoms with van der Waals surface area (Å²) in [6, 6.07) is 0. The van der Waals surface area contributed by atoms with Gasteiger partial charge in [-0.15, -0.1) is 8.42 Å². The summed E-state index contributed by atoms with van der Waals surface area (Å²) in [5.41, 5.74) is 0. The lowest BCUT2D eigenvalue weighted by Gasteiger charge is -2.30. The van der Waals surface area contributed by atoms with Crippen molar-refractivity contribution in [2.24, 2.45) is 0 Å². The number of unbranched alkanes of at least 4 members (excludes halogenated alkanes) is 1. The molecule has 0 aromatic rings. The Morgan fingerprint density at radius 2 is 1.74 bits per heavy atom. The van der Waals surface area contributed by atoms with E-state index in [9.17, 15) is 13.0 Å². The number of quaternary nitrogens is 1. The molecule has 1 rings (SSSR count). The van der Waals surface area contributed by atoms with Gasteiger partial charge in [0.25, 0.3) is 0 Å². The fraction of sp³-hybridized carbons (Fsp3) is 0.556. The van der Waals surface area contributed by atoms with Crippen LogP contribution in [0.2, 0.25) is 0 Å². The third-order valence-corrected chi connectivity index (χ3v) is 3.74. The smallest absolute Gasteiger partial charge is 0.437 e. The van der Waals surface area contributed by atoms with Gasteiger partial charge in [-0.2, -0.15) is 3.89 Å². The van der Waals surface area contributed by atoms with E-state index in [2.05, 4.69) is 0 Å². The Bertz CT molecular complexity index is 527. The number of allylic oxidation sites excluding steroid dienone is 2. The molecule has 0 aromatic carbocycles. The molecule has 1 heterocycles. The summed E-state index contributed by atoms with van der Waals surface area (Å²) < 4.78 is 64.2. The maximum absolute atomic E-state index is 11.3. The minimum Gasteiger partial charge on any atom is -0.726 e. The van der Waals surface area contributed by atoms with E-state index < -0.39 is 20.7 Å². The minimum atomic E-state index is -4.92. The predicted octanol–water partition coefficient (Wildman–Crippen LogP) is 0.494. The molecule has 19 heavy (non-hydrogen) atoms. The summed E-state index contributed by atoms with van der Waals surface area (Å²) in [6.45, 7) is 2.73. The highest BCUT2D eigenvalue weighted by molar-refractivity contribution is 7.80. The van der Waals surface area contributed by atoms with Crippen molar-refractivity contribution < 1.29 is 34.4 Å². The topological polar surface area (TPSA) is 132 Å². The van der Waals surface area contributed by atoms with Crippen molar-refractivity contribution >= 4 is 20.7 Å². The molecule has 0 amide bonds. The molecule has 2 N–H and O–H groups in total. The van der Waals surface area contributed by atoms with Gasteiger partial charge in [0.2, 0.25) is 10.4 Å². The third kappa shape index (κ3) is 7.40. The highest BCUT2D eigenvalue weighted by atomic mass is 32.3. The van der Waals surface area contributed by atoms with Crippen molar-refractivity contribution in [3.8, 4) is 0 Å². The molecule has 0 fully saturated rings. The Hall–Kier alpha value is -0.780. The van der Waals surface area contributed by atoms with Crippen molar-refractivity contribution in [1.29, 1.82) is 0 Å². The second kappa shape index (κ2) is 7.12. The normalized spacial score (nSPS) is 22.7. The first-order valence-electron chi connectivity index (χ1n) is 5.39. The molecule has 0 radical (unpaired) electrons. The SMILES string of the molecule is CCCC[N+]1(S(=O)(=O)O)C=CC=CC1.O=S(=O)([O-])O. The van der Waals surface area contributed by atoms with Crippen LogP contribution in [0.5, 0.6) is 0 Å². The molecule has 0 aliphatic carbocycles. The van der Waals surface area contributed by atoms with Crippen molar-refractivity contribution in [3.05, 3.63) is 24.4 Å². The molecule has 0 saturated heterocycles. The predicted molar refractivity (Wildman–Crippen MR) is 67.1 cm³/mol. The second-order valence-corrected chi connectivity index (χ2v) is 6.34. The average Bonchev–Trinajstić information content (AvgIpc) is 2.24. The van der Waals surface area contributed by atoms with Gasteiger partial charge in [-0.05, 0) is 18.6 Å². The Morgan fingerprint density at radius 3 is 2.05 bits per heavy atom. The summed E-state index contributed by atoms with van der Waals surface area (Å²) >= 11 is 0. The van der Waals surface area contributed by atoms with E-state index in [1.807, 2.05) is 6.92 Å². The van der Waals surface area contributed by atoms with E-state index in [-0.39, 0.29) is 3.89 Å². The van der Waals surface area contributed by atoms with Gasteiger partial charge in [0.1, 0.15) is 12.7 Å². The van der Waals surface area contributed by atoms with Crippen LogP contribution in [0.4, 0.5) is 0 Å². The van der Waals surface area contributed by atoms with E-state index in [4.69, 9.17) is 17.5 Å².